The van der Waals surface area contributed by atoms with Crippen molar-refractivity contribution in [3.63, 3.8) is 0 Å². The molecule has 5 rings (SSSR count). The Morgan fingerprint density at radius 3 is 0.717 bits per heavy atom. The van der Waals surface area contributed by atoms with Crippen LogP contribution < -0.4 is 9.80 Å². The number of hydrogen-bond donors (Lipinski definition) is 0. The fourth-order valence-corrected chi connectivity index (χ4v) is 12.0. The number of nitrogens with zero attached hydrogens (tertiary/aromatic N) is 9. The smallest absolute Gasteiger partial charge is 0.231 e. The Bertz CT molecular complexity index is 1230. The molecule has 1 aromatic heterocycles. The first kappa shape index (κ1) is 42.9. The summed E-state index contributed by atoms with van der Waals surface area (Å²) in [5.41, 5.74) is 0.0272. The molecular formula is C43H80ClN9. The van der Waals surface area contributed by atoms with Crippen LogP contribution in [0.15, 0.2) is 0 Å². The first-order chi connectivity index (χ1) is 23.7. The molecule has 0 atom stereocenters. The standard InChI is InChI=1S/C43H80ClN9/c1-36(2)21-29(22-37(3,4)48(36)17)52(30-23-38(5,6)49(18)39(7,8)24-30)34-45-33(44)46-35(47-34)53(31-25-40(9,10)50(19)41(11,12)26-31)32-27-42(13,14)51(20)43(15,16)28-32/h29-32H,21-28H2,1-20H3. The van der Waals surface area contributed by atoms with E-state index in [9.17, 15) is 0 Å². The zero-order valence-corrected chi connectivity index (χ0v) is 38.6. The zero-order chi connectivity index (χ0) is 40.3. The monoisotopic (exact) mass is 758 g/mol. The Morgan fingerprint density at radius 1 is 0.377 bits per heavy atom. The number of piperidine rings is 4. The fourth-order valence-electron chi connectivity index (χ4n) is 11.9. The highest BCUT2D eigenvalue weighted by Crippen LogP contribution is 2.48. The SMILES string of the molecule is CN1C(C)(C)CC(N(c2nc(Cl)nc(N(C3CC(C)(C)N(C)C(C)(C)C3)C3CC(C)(C)N(C)C(C)(C)C3)n2)C2CC(C)(C)N(C)C(C)(C)C2)CC1(C)C. The van der Waals surface area contributed by atoms with E-state index in [2.05, 4.69) is 168 Å². The van der Waals surface area contributed by atoms with E-state index in [0.717, 1.165) is 63.3 Å². The topological polar surface area (TPSA) is 58.1 Å². The molecule has 0 spiro atoms. The highest BCUT2D eigenvalue weighted by atomic mass is 35.5. The second-order valence-corrected chi connectivity index (χ2v) is 23.3. The van der Waals surface area contributed by atoms with Crippen LogP contribution in [0, 0.1) is 0 Å². The number of rotatable bonds is 6. The maximum absolute atomic E-state index is 7.19. The predicted octanol–water partition coefficient (Wildman–Crippen LogP) is 8.74. The summed E-state index contributed by atoms with van der Waals surface area (Å²) in [7, 11) is 9.20. The van der Waals surface area contributed by atoms with E-state index >= 15 is 0 Å². The lowest BCUT2D eigenvalue weighted by molar-refractivity contribution is -0.0314. The van der Waals surface area contributed by atoms with Crippen molar-refractivity contribution in [2.75, 3.05) is 38.0 Å². The zero-order valence-electron chi connectivity index (χ0n) is 37.9. The molecule has 9 nitrogen and oxygen atoms in total. The summed E-state index contributed by atoms with van der Waals surface area (Å²) < 4.78 is 0. The number of halogens is 1. The third kappa shape index (κ3) is 8.00. The van der Waals surface area contributed by atoms with Crippen LogP contribution in [0.2, 0.25) is 5.28 Å². The summed E-state index contributed by atoms with van der Waals surface area (Å²) in [6.07, 6.45) is 8.20. The van der Waals surface area contributed by atoms with Gasteiger partial charge in [-0.25, -0.2) is 0 Å². The van der Waals surface area contributed by atoms with Crippen molar-refractivity contribution < 1.29 is 0 Å². The second kappa shape index (κ2) is 13.4. The van der Waals surface area contributed by atoms with E-state index in [1.807, 2.05) is 0 Å². The fraction of sp³-hybridized carbons (Fsp3) is 0.930. The van der Waals surface area contributed by atoms with E-state index in [4.69, 9.17) is 26.6 Å². The molecule has 0 bridgehead atoms. The largest absolute Gasteiger partial charge is 0.334 e. The molecule has 53 heavy (non-hydrogen) atoms. The lowest BCUT2D eigenvalue weighted by Crippen LogP contribution is -2.68. The maximum atomic E-state index is 7.19. The van der Waals surface area contributed by atoms with Crippen molar-refractivity contribution in [1.82, 2.24) is 34.6 Å². The molecule has 0 saturated carbocycles. The molecule has 10 heteroatoms. The van der Waals surface area contributed by atoms with Crippen molar-refractivity contribution in [2.24, 2.45) is 0 Å². The van der Waals surface area contributed by atoms with E-state index in [-0.39, 0.29) is 68.5 Å². The summed E-state index contributed by atoms with van der Waals surface area (Å²) in [5.74, 6) is 1.51. The Kier molecular flexibility index (Phi) is 10.9. The van der Waals surface area contributed by atoms with Gasteiger partial charge in [0.25, 0.3) is 0 Å². The molecule has 304 valence electrons. The first-order valence-corrected chi connectivity index (χ1v) is 21.1. The number of anilines is 2. The second-order valence-electron chi connectivity index (χ2n) is 23.0. The number of likely N-dealkylation sites (tertiary alicyclic amines) is 4. The van der Waals surface area contributed by atoms with Crippen molar-refractivity contribution in [3.8, 4) is 0 Å². The summed E-state index contributed by atoms with van der Waals surface area (Å²) in [5, 5.41) is 0.302. The molecule has 4 aliphatic rings. The van der Waals surface area contributed by atoms with Gasteiger partial charge in [0.05, 0.1) is 0 Å². The van der Waals surface area contributed by atoms with Gasteiger partial charge in [0.2, 0.25) is 17.2 Å². The summed E-state index contributed by atoms with van der Waals surface area (Å²) in [6.45, 7) is 38.5. The summed E-state index contributed by atoms with van der Waals surface area (Å²) in [6, 6.07) is 0.994. The van der Waals surface area contributed by atoms with Crippen LogP contribution in [-0.4, -0.2) is 131 Å². The van der Waals surface area contributed by atoms with Gasteiger partial charge in [-0.1, -0.05) is 0 Å². The van der Waals surface area contributed by atoms with Gasteiger partial charge >= 0.3 is 0 Å². The third-order valence-corrected chi connectivity index (χ3v) is 15.9. The predicted molar refractivity (Wildman–Crippen MR) is 226 cm³/mol. The molecule has 0 aliphatic carbocycles. The van der Waals surface area contributed by atoms with E-state index < -0.39 is 0 Å². The molecule has 1 aromatic rings. The molecule has 4 fully saturated rings. The van der Waals surface area contributed by atoms with Crippen LogP contribution in [0.1, 0.15) is 162 Å². The van der Waals surface area contributed by atoms with E-state index in [1.165, 1.54) is 0 Å². The normalized spacial score (nSPS) is 29.6. The quantitative estimate of drug-likeness (QED) is 0.284. The molecular weight excluding hydrogens is 678 g/mol. The van der Waals surface area contributed by atoms with Crippen molar-refractivity contribution >= 4 is 23.5 Å². The van der Waals surface area contributed by atoms with Crippen molar-refractivity contribution in [3.05, 3.63) is 5.28 Å². The van der Waals surface area contributed by atoms with Gasteiger partial charge < -0.3 is 9.80 Å². The van der Waals surface area contributed by atoms with Gasteiger partial charge in [-0.2, -0.15) is 15.0 Å². The van der Waals surface area contributed by atoms with Gasteiger partial charge in [-0.3, -0.25) is 19.6 Å². The lowest BCUT2D eigenvalue weighted by atomic mass is 9.73. The van der Waals surface area contributed by atoms with Crippen LogP contribution in [0.5, 0.6) is 0 Å². The van der Waals surface area contributed by atoms with Crippen LogP contribution >= 0.6 is 11.6 Å². The minimum absolute atomic E-state index is 0.00340. The highest BCUT2D eigenvalue weighted by Gasteiger charge is 2.53. The lowest BCUT2D eigenvalue weighted by Gasteiger charge is -2.60. The molecule has 4 saturated heterocycles. The molecule has 0 aromatic carbocycles. The van der Waals surface area contributed by atoms with Gasteiger partial charge in [0.15, 0.2) is 0 Å². The Hall–Kier alpha value is -1.26. The summed E-state index contributed by atoms with van der Waals surface area (Å²) >= 11 is 7.19. The van der Waals surface area contributed by atoms with Gasteiger partial charge in [-0.05, 0) is 202 Å². The van der Waals surface area contributed by atoms with Crippen molar-refractivity contribution in [1.29, 1.82) is 0 Å². The molecule has 5 heterocycles. The van der Waals surface area contributed by atoms with Gasteiger partial charge in [-0.15, -0.1) is 0 Å². The number of aromatic nitrogens is 3. The Balaban J connectivity index is 1.71. The van der Waals surface area contributed by atoms with Gasteiger partial charge in [0, 0.05) is 68.5 Å². The average molecular weight is 759 g/mol. The van der Waals surface area contributed by atoms with Crippen LogP contribution in [0.25, 0.3) is 0 Å². The molecule has 4 aliphatic heterocycles. The van der Waals surface area contributed by atoms with Crippen LogP contribution in [-0.2, 0) is 0 Å². The summed E-state index contributed by atoms with van der Waals surface area (Å²) in [4.78, 5) is 31.5. The van der Waals surface area contributed by atoms with Crippen LogP contribution in [0.3, 0.4) is 0 Å². The highest BCUT2D eigenvalue weighted by molar-refractivity contribution is 6.28. The van der Waals surface area contributed by atoms with Crippen molar-refractivity contribution in [2.45, 2.75) is 231 Å². The molecule has 0 radical (unpaired) electrons. The molecule has 0 unspecified atom stereocenters. The van der Waals surface area contributed by atoms with Gasteiger partial charge in [0.1, 0.15) is 0 Å². The minimum Gasteiger partial charge on any atom is -0.334 e. The maximum Gasteiger partial charge on any atom is 0.231 e. The molecule has 0 N–H and O–H groups in total. The minimum atomic E-state index is 0.00340. The number of hydrogen-bond acceptors (Lipinski definition) is 9. The average Bonchev–Trinajstić information content (AvgIpc) is 2.95. The van der Waals surface area contributed by atoms with E-state index in [1.54, 1.807) is 0 Å². The van der Waals surface area contributed by atoms with E-state index in [0.29, 0.717) is 5.28 Å². The van der Waals surface area contributed by atoms with Crippen LogP contribution in [0.4, 0.5) is 11.9 Å². The first-order valence-electron chi connectivity index (χ1n) is 20.7. The Morgan fingerprint density at radius 2 is 0.547 bits per heavy atom. The third-order valence-electron chi connectivity index (χ3n) is 15.8. The Labute approximate surface area is 331 Å². The molecule has 0 amide bonds.